The van der Waals surface area contributed by atoms with E-state index in [2.05, 4.69) is 15.3 Å². The highest BCUT2D eigenvalue weighted by Gasteiger charge is 2.28. The Hall–Kier alpha value is -5.09. The van der Waals surface area contributed by atoms with E-state index in [0.717, 1.165) is 16.0 Å². The molecular formula is C32H25FN4O4S. The Morgan fingerprint density at radius 1 is 1.00 bits per heavy atom. The number of hydrogen-bond acceptors (Lipinski definition) is 7. The summed E-state index contributed by atoms with van der Waals surface area (Å²) in [5.41, 5.74) is 3.52. The van der Waals surface area contributed by atoms with E-state index in [9.17, 15) is 14.0 Å². The van der Waals surface area contributed by atoms with Gasteiger partial charge in [0.05, 0.1) is 29.6 Å². The number of pyridine rings is 2. The highest BCUT2D eigenvalue weighted by Crippen LogP contribution is 2.42. The molecule has 42 heavy (non-hydrogen) atoms. The van der Waals surface area contributed by atoms with Gasteiger partial charge in [-0.2, -0.15) is 0 Å². The second-order valence-electron chi connectivity index (χ2n) is 9.57. The van der Waals surface area contributed by atoms with E-state index in [1.165, 1.54) is 23.6 Å². The van der Waals surface area contributed by atoms with E-state index >= 15 is 0 Å². The van der Waals surface area contributed by atoms with E-state index in [-0.39, 0.29) is 29.1 Å². The summed E-state index contributed by atoms with van der Waals surface area (Å²) in [6.45, 7) is 2.12. The van der Waals surface area contributed by atoms with Crippen LogP contribution in [-0.4, -0.2) is 35.4 Å². The van der Waals surface area contributed by atoms with Crippen molar-refractivity contribution in [3.8, 4) is 28.0 Å². The lowest BCUT2D eigenvalue weighted by molar-refractivity contribution is 0.0980. The Morgan fingerprint density at radius 3 is 2.62 bits per heavy atom. The van der Waals surface area contributed by atoms with Gasteiger partial charge < -0.3 is 19.7 Å². The van der Waals surface area contributed by atoms with Crippen LogP contribution in [0.5, 0.6) is 17.5 Å². The first-order valence-corrected chi connectivity index (χ1v) is 14.0. The van der Waals surface area contributed by atoms with E-state index in [0.29, 0.717) is 40.7 Å². The Morgan fingerprint density at radius 2 is 1.83 bits per heavy atom. The fourth-order valence-electron chi connectivity index (χ4n) is 4.77. The fraction of sp³-hybridized carbons (Fsp3) is 0.125. The molecule has 0 saturated carbocycles. The minimum Gasteiger partial charge on any atom is -0.495 e. The largest absolute Gasteiger partial charge is 0.495 e. The van der Waals surface area contributed by atoms with Crippen molar-refractivity contribution >= 4 is 34.5 Å². The van der Waals surface area contributed by atoms with Crippen LogP contribution < -0.4 is 19.7 Å². The van der Waals surface area contributed by atoms with Gasteiger partial charge in [-0.1, -0.05) is 36.4 Å². The molecule has 2 amide bonds. The number of aromatic nitrogens is 2. The van der Waals surface area contributed by atoms with Gasteiger partial charge >= 0.3 is 0 Å². The lowest BCUT2D eigenvalue weighted by Gasteiger charge is -2.22. The maximum Gasteiger partial charge on any atom is 0.277 e. The van der Waals surface area contributed by atoms with Gasteiger partial charge in [-0.05, 0) is 54.8 Å². The number of nitrogens with zero attached hydrogens (tertiary/aromatic N) is 3. The van der Waals surface area contributed by atoms with Crippen LogP contribution in [0.3, 0.4) is 0 Å². The number of amides is 2. The predicted octanol–water partition coefficient (Wildman–Crippen LogP) is 6.91. The lowest BCUT2D eigenvalue weighted by Crippen LogP contribution is -2.33. The SMILES string of the molecule is COc1ccc(Oc2cccc(C(=O)N3CCc4cc(C(=O)Nc5c(C)cccc5F)sc4-c4ccccc43)n2)nc1. The van der Waals surface area contributed by atoms with Crippen molar-refractivity contribution < 1.29 is 23.5 Å². The molecule has 0 bridgehead atoms. The number of ether oxygens (including phenoxy) is 2. The van der Waals surface area contributed by atoms with E-state index in [1.807, 2.05) is 30.3 Å². The molecule has 0 radical (unpaired) electrons. The summed E-state index contributed by atoms with van der Waals surface area (Å²) in [5.74, 6) is 0.0200. The summed E-state index contributed by atoms with van der Waals surface area (Å²) in [5, 5.41) is 2.72. The predicted molar refractivity (Wildman–Crippen MR) is 159 cm³/mol. The molecule has 3 aromatic heterocycles. The molecule has 4 heterocycles. The smallest absolute Gasteiger partial charge is 0.277 e. The average Bonchev–Trinajstić information content (AvgIpc) is 3.37. The van der Waals surface area contributed by atoms with Gasteiger partial charge in [-0.15, -0.1) is 11.3 Å². The van der Waals surface area contributed by atoms with Gasteiger partial charge in [-0.3, -0.25) is 9.59 Å². The highest BCUT2D eigenvalue weighted by atomic mass is 32.1. The van der Waals surface area contributed by atoms with E-state index in [4.69, 9.17) is 9.47 Å². The second kappa shape index (κ2) is 11.4. The van der Waals surface area contributed by atoms with Crippen LogP contribution in [0.25, 0.3) is 10.4 Å². The Labute approximate surface area is 245 Å². The second-order valence-corrected chi connectivity index (χ2v) is 10.6. The molecule has 0 saturated heterocycles. The third kappa shape index (κ3) is 5.31. The number of carbonyl (C=O) groups excluding carboxylic acids is 2. The first-order valence-electron chi connectivity index (χ1n) is 13.2. The van der Waals surface area contributed by atoms with Gasteiger partial charge in [-0.25, -0.2) is 14.4 Å². The molecule has 2 aromatic carbocycles. The van der Waals surface area contributed by atoms with Gasteiger partial charge in [0.15, 0.2) is 0 Å². The summed E-state index contributed by atoms with van der Waals surface area (Å²) in [6.07, 6.45) is 2.05. The maximum atomic E-state index is 14.4. The van der Waals surface area contributed by atoms with Crippen molar-refractivity contribution in [2.45, 2.75) is 13.3 Å². The summed E-state index contributed by atoms with van der Waals surface area (Å²) in [6, 6.07) is 22.5. The number of carbonyl (C=O) groups is 2. The van der Waals surface area contributed by atoms with Gasteiger partial charge in [0.25, 0.3) is 11.8 Å². The zero-order valence-electron chi connectivity index (χ0n) is 22.8. The number of aryl methyl sites for hydroxylation is 1. The van der Waals surface area contributed by atoms with Crippen molar-refractivity contribution in [1.82, 2.24) is 9.97 Å². The average molecular weight is 581 g/mol. The molecule has 10 heteroatoms. The third-order valence-corrected chi connectivity index (χ3v) is 8.09. The van der Waals surface area contributed by atoms with Crippen molar-refractivity contribution in [2.75, 3.05) is 23.9 Å². The van der Waals surface area contributed by atoms with Crippen LogP contribution in [-0.2, 0) is 6.42 Å². The number of nitrogens with one attached hydrogen (secondary N) is 1. The number of rotatable bonds is 6. The molecule has 6 rings (SSSR count). The number of halogens is 1. The molecule has 0 unspecified atom stereocenters. The summed E-state index contributed by atoms with van der Waals surface area (Å²) < 4.78 is 25.3. The van der Waals surface area contributed by atoms with Crippen molar-refractivity contribution in [3.63, 3.8) is 0 Å². The Bertz CT molecular complexity index is 1780. The molecular weight excluding hydrogens is 555 g/mol. The van der Waals surface area contributed by atoms with Crippen LogP contribution in [0.1, 0.15) is 31.3 Å². The van der Waals surface area contributed by atoms with Crippen LogP contribution in [0, 0.1) is 12.7 Å². The number of para-hydroxylation sites is 2. The number of methoxy groups -OCH3 is 1. The van der Waals surface area contributed by atoms with Crippen LogP contribution in [0.15, 0.2) is 85.1 Å². The molecule has 8 nitrogen and oxygen atoms in total. The van der Waals surface area contributed by atoms with Crippen molar-refractivity contribution in [1.29, 1.82) is 0 Å². The Kier molecular flexibility index (Phi) is 7.37. The molecule has 0 fully saturated rings. The number of benzene rings is 2. The highest BCUT2D eigenvalue weighted by molar-refractivity contribution is 7.17. The first kappa shape index (κ1) is 27.1. The maximum absolute atomic E-state index is 14.4. The molecule has 0 atom stereocenters. The standard InChI is InChI=1S/C32H25FN4O4S/c1-19-7-5-9-23(33)29(19)36-31(38)26-17-20-15-16-37(25-11-4-3-8-22(25)30(20)42-26)32(39)24-10-6-12-28(35-24)41-27-14-13-21(40-2)18-34-27/h3-14,17-18H,15-16H2,1-2H3,(H,36,38). The van der Waals surface area contributed by atoms with E-state index < -0.39 is 5.82 Å². The van der Waals surface area contributed by atoms with Gasteiger partial charge in [0.2, 0.25) is 11.8 Å². The molecule has 210 valence electrons. The minimum atomic E-state index is -0.482. The van der Waals surface area contributed by atoms with Crippen molar-refractivity contribution in [3.05, 3.63) is 113 Å². The van der Waals surface area contributed by atoms with E-state index in [1.54, 1.807) is 61.4 Å². The van der Waals surface area contributed by atoms with Gasteiger partial charge in [0, 0.05) is 29.1 Å². The fourth-order valence-corrected chi connectivity index (χ4v) is 5.91. The Balaban J connectivity index is 1.26. The number of fused-ring (bicyclic) bond motifs is 3. The number of thiophene rings is 1. The molecule has 5 aromatic rings. The number of anilines is 2. The molecule has 1 N–H and O–H groups in total. The third-order valence-electron chi connectivity index (χ3n) is 6.88. The molecule has 1 aliphatic rings. The zero-order valence-corrected chi connectivity index (χ0v) is 23.6. The zero-order chi connectivity index (χ0) is 29.2. The van der Waals surface area contributed by atoms with Gasteiger partial charge in [0.1, 0.15) is 17.3 Å². The lowest BCUT2D eigenvalue weighted by atomic mass is 10.1. The molecule has 1 aliphatic heterocycles. The quantitative estimate of drug-likeness (QED) is 0.235. The van der Waals surface area contributed by atoms with Crippen LogP contribution in [0.2, 0.25) is 0 Å². The number of hydrogen-bond donors (Lipinski definition) is 1. The van der Waals surface area contributed by atoms with Crippen molar-refractivity contribution in [2.24, 2.45) is 0 Å². The minimum absolute atomic E-state index is 0.171. The summed E-state index contributed by atoms with van der Waals surface area (Å²) in [7, 11) is 1.55. The summed E-state index contributed by atoms with van der Waals surface area (Å²) in [4.78, 5) is 38.6. The molecule has 0 spiro atoms. The topological polar surface area (TPSA) is 93.7 Å². The normalized spacial score (nSPS) is 12.1. The monoisotopic (exact) mass is 580 g/mol. The molecule has 0 aliphatic carbocycles. The van der Waals surface area contributed by atoms with Crippen LogP contribution in [0.4, 0.5) is 15.8 Å². The van der Waals surface area contributed by atoms with Crippen LogP contribution >= 0.6 is 11.3 Å². The first-order chi connectivity index (χ1) is 20.4. The summed E-state index contributed by atoms with van der Waals surface area (Å²) >= 11 is 1.32.